The maximum absolute atomic E-state index is 14.0. The smallest absolute Gasteiger partial charge is 0.229 e. The van der Waals surface area contributed by atoms with E-state index < -0.39 is 0 Å². The Morgan fingerprint density at radius 1 is 1.04 bits per heavy atom. The predicted octanol–water partition coefficient (Wildman–Crippen LogP) is 4.62. The van der Waals surface area contributed by atoms with Gasteiger partial charge in [0.1, 0.15) is 11.6 Å². The Bertz CT molecular complexity index is 898. The molecule has 2 heterocycles. The molecule has 2 aromatic carbocycles. The van der Waals surface area contributed by atoms with Crippen molar-refractivity contribution in [3.05, 3.63) is 66.5 Å². The number of halogens is 1. The Morgan fingerprint density at radius 3 is 2.63 bits per heavy atom. The van der Waals surface area contributed by atoms with Gasteiger partial charge >= 0.3 is 0 Å². The minimum atomic E-state index is -0.347. The highest BCUT2D eigenvalue weighted by Crippen LogP contribution is 2.24. The zero-order valence-corrected chi connectivity index (χ0v) is 14.9. The number of para-hydroxylation sites is 1. The van der Waals surface area contributed by atoms with Crippen molar-refractivity contribution in [3.8, 4) is 11.3 Å². The Labute approximate surface area is 157 Å². The predicted molar refractivity (Wildman–Crippen MR) is 105 cm³/mol. The highest BCUT2D eigenvalue weighted by atomic mass is 19.1. The van der Waals surface area contributed by atoms with E-state index in [1.54, 1.807) is 18.2 Å². The maximum Gasteiger partial charge on any atom is 0.229 e. The van der Waals surface area contributed by atoms with Gasteiger partial charge in [-0.25, -0.2) is 9.37 Å². The summed E-state index contributed by atoms with van der Waals surface area (Å²) >= 11 is 0. The molecular weight excluding hydrogens is 343 g/mol. The second-order valence-electron chi connectivity index (χ2n) is 6.45. The number of ether oxygens (including phenoxy) is 1. The summed E-state index contributed by atoms with van der Waals surface area (Å²) in [6, 6.07) is 18.2. The Hall–Kier alpha value is -2.99. The van der Waals surface area contributed by atoms with E-state index in [2.05, 4.69) is 20.6 Å². The van der Waals surface area contributed by atoms with Crippen LogP contribution in [0.15, 0.2) is 60.7 Å². The molecule has 3 aromatic rings. The molecule has 27 heavy (non-hydrogen) atoms. The molecule has 2 N–H and O–H groups in total. The molecule has 4 rings (SSSR count). The molecule has 1 saturated heterocycles. The molecule has 0 aliphatic carbocycles. The number of anilines is 3. The zero-order chi connectivity index (χ0) is 18.5. The lowest BCUT2D eigenvalue weighted by Crippen LogP contribution is -2.19. The first-order valence-corrected chi connectivity index (χ1v) is 9.09. The van der Waals surface area contributed by atoms with E-state index >= 15 is 0 Å². The van der Waals surface area contributed by atoms with Gasteiger partial charge in [0.25, 0.3) is 0 Å². The van der Waals surface area contributed by atoms with Crippen molar-refractivity contribution in [1.82, 2.24) is 9.97 Å². The van der Waals surface area contributed by atoms with Crippen LogP contribution in [0.2, 0.25) is 0 Å². The van der Waals surface area contributed by atoms with E-state index in [1.165, 1.54) is 6.07 Å². The van der Waals surface area contributed by atoms with Crippen LogP contribution in [0, 0.1) is 5.82 Å². The summed E-state index contributed by atoms with van der Waals surface area (Å²) in [7, 11) is 0. The molecule has 1 fully saturated rings. The van der Waals surface area contributed by atoms with Crippen molar-refractivity contribution in [1.29, 1.82) is 0 Å². The number of nitrogens with one attached hydrogen (secondary N) is 2. The Morgan fingerprint density at radius 2 is 1.85 bits per heavy atom. The summed E-state index contributed by atoms with van der Waals surface area (Å²) in [5.41, 5.74) is 2.07. The molecule has 0 saturated carbocycles. The number of aromatic nitrogens is 2. The average molecular weight is 364 g/mol. The first-order valence-electron chi connectivity index (χ1n) is 9.09. The lowest BCUT2D eigenvalue weighted by molar-refractivity contribution is 0.120. The van der Waals surface area contributed by atoms with E-state index in [0.717, 1.165) is 30.7 Å². The van der Waals surface area contributed by atoms with Crippen molar-refractivity contribution in [2.45, 2.75) is 18.9 Å². The third-order valence-corrected chi connectivity index (χ3v) is 4.45. The first kappa shape index (κ1) is 17.4. The molecule has 138 valence electrons. The van der Waals surface area contributed by atoms with Crippen molar-refractivity contribution in [2.75, 3.05) is 23.8 Å². The van der Waals surface area contributed by atoms with Crippen LogP contribution >= 0.6 is 0 Å². The van der Waals surface area contributed by atoms with Crippen molar-refractivity contribution < 1.29 is 9.13 Å². The van der Waals surface area contributed by atoms with E-state index in [-0.39, 0.29) is 11.9 Å². The highest BCUT2D eigenvalue weighted by Gasteiger charge is 2.16. The normalized spacial score (nSPS) is 16.3. The van der Waals surface area contributed by atoms with Gasteiger partial charge in [0.2, 0.25) is 5.95 Å². The molecule has 1 atom stereocenters. The fraction of sp³-hybridized carbons (Fsp3) is 0.238. The first-order chi connectivity index (χ1) is 13.3. The van der Waals surface area contributed by atoms with Crippen LogP contribution in [-0.2, 0) is 4.74 Å². The van der Waals surface area contributed by atoms with Gasteiger partial charge in [-0.15, -0.1) is 0 Å². The highest BCUT2D eigenvalue weighted by molar-refractivity contribution is 5.66. The molecule has 1 aliphatic heterocycles. The number of benzene rings is 2. The van der Waals surface area contributed by atoms with Crippen molar-refractivity contribution >= 4 is 17.5 Å². The number of hydrogen-bond donors (Lipinski definition) is 2. The van der Waals surface area contributed by atoms with Crippen LogP contribution in [-0.4, -0.2) is 29.2 Å². The van der Waals surface area contributed by atoms with Gasteiger partial charge < -0.3 is 15.4 Å². The fourth-order valence-corrected chi connectivity index (χ4v) is 3.06. The third kappa shape index (κ3) is 4.41. The van der Waals surface area contributed by atoms with Gasteiger partial charge in [-0.05, 0) is 25.0 Å². The quantitative estimate of drug-likeness (QED) is 0.668. The van der Waals surface area contributed by atoms with Gasteiger partial charge in [0, 0.05) is 24.8 Å². The molecule has 5 nitrogen and oxygen atoms in total. The van der Waals surface area contributed by atoms with Crippen LogP contribution < -0.4 is 10.6 Å². The average Bonchev–Trinajstić information content (AvgIpc) is 3.22. The summed E-state index contributed by atoms with van der Waals surface area (Å²) in [4.78, 5) is 9.06. The number of rotatable bonds is 6. The topological polar surface area (TPSA) is 59.1 Å². The standard InChI is InChI=1S/C21H21FN4O/c22-17-10-4-5-11-18(17)24-21-25-19(15-7-2-1-3-8-15)13-20(26-21)23-14-16-9-6-12-27-16/h1-5,7-8,10-11,13,16H,6,9,12,14H2,(H2,23,24,25,26). The van der Waals surface area contributed by atoms with Crippen LogP contribution in [0.5, 0.6) is 0 Å². The van der Waals surface area contributed by atoms with Crippen molar-refractivity contribution in [2.24, 2.45) is 0 Å². The SMILES string of the molecule is Fc1ccccc1Nc1nc(NCC2CCCO2)cc(-c2ccccc2)n1. The Balaban J connectivity index is 1.62. The second-order valence-corrected chi connectivity index (χ2v) is 6.45. The summed E-state index contributed by atoms with van der Waals surface area (Å²) < 4.78 is 19.7. The van der Waals surface area contributed by atoms with Gasteiger partial charge in [0.05, 0.1) is 17.5 Å². The second kappa shape index (κ2) is 8.14. The molecule has 0 spiro atoms. The van der Waals surface area contributed by atoms with Gasteiger partial charge in [-0.3, -0.25) is 0 Å². The molecular formula is C21H21FN4O. The molecule has 0 amide bonds. The maximum atomic E-state index is 14.0. The van der Waals surface area contributed by atoms with Crippen LogP contribution in [0.3, 0.4) is 0 Å². The summed E-state index contributed by atoms with van der Waals surface area (Å²) in [5.74, 6) is 0.676. The van der Waals surface area contributed by atoms with Gasteiger partial charge in [-0.1, -0.05) is 42.5 Å². The van der Waals surface area contributed by atoms with Gasteiger partial charge in [0.15, 0.2) is 0 Å². The monoisotopic (exact) mass is 364 g/mol. The van der Waals surface area contributed by atoms with Gasteiger partial charge in [-0.2, -0.15) is 4.98 Å². The summed E-state index contributed by atoms with van der Waals surface area (Å²) in [5, 5.41) is 6.31. The van der Waals surface area contributed by atoms with E-state index in [9.17, 15) is 4.39 Å². The molecule has 1 unspecified atom stereocenters. The lowest BCUT2D eigenvalue weighted by atomic mass is 10.1. The van der Waals surface area contributed by atoms with Crippen LogP contribution in [0.25, 0.3) is 11.3 Å². The van der Waals surface area contributed by atoms with E-state index in [1.807, 2.05) is 36.4 Å². The van der Waals surface area contributed by atoms with Crippen molar-refractivity contribution in [3.63, 3.8) is 0 Å². The lowest BCUT2D eigenvalue weighted by Gasteiger charge is -2.14. The summed E-state index contributed by atoms with van der Waals surface area (Å²) in [6.45, 7) is 1.50. The zero-order valence-electron chi connectivity index (χ0n) is 14.9. The number of hydrogen-bond acceptors (Lipinski definition) is 5. The minimum absolute atomic E-state index is 0.197. The largest absolute Gasteiger partial charge is 0.376 e. The van der Waals surface area contributed by atoms with E-state index in [0.29, 0.717) is 24.0 Å². The molecule has 1 aromatic heterocycles. The molecule has 1 aliphatic rings. The third-order valence-electron chi connectivity index (χ3n) is 4.45. The fourth-order valence-electron chi connectivity index (χ4n) is 3.06. The summed E-state index contributed by atoms with van der Waals surface area (Å²) in [6.07, 6.45) is 2.33. The van der Waals surface area contributed by atoms with Crippen LogP contribution in [0.4, 0.5) is 21.8 Å². The van der Waals surface area contributed by atoms with E-state index in [4.69, 9.17) is 4.74 Å². The minimum Gasteiger partial charge on any atom is -0.376 e. The van der Waals surface area contributed by atoms with Crippen LogP contribution in [0.1, 0.15) is 12.8 Å². The number of nitrogens with zero attached hydrogens (tertiary/aromatic N) is 2. The molecule has 0 bridgehead atoms. The molecule has 0 radical (unpaired) electrons. The Kier molecular flexibility index (Phi) is 5.25. The molecule has 6 heteroatoms.